The molecular formula is C23H27N2O3+. The van der Waals surface area contributed by atoms with Crippen LogP contribution in [0.15, 0.2) is 46.9 Å². The molecule has 5 nitrogen and oxygen atoms in total. The molecule has 5 heteroatoms. The van der Waals surface area contributed by atoms with Crippen molar-refractivity contribution in [3.8, 4) is 22.8 Å². The summed E-state index contributed by atoms with van der Waals surface area (Å²) in [7, 11) is 5.47. The molecule has 146 valence electrons. The normalized spacial score (nSPS) is 15.1. The topological polar surface area (TPSA) is 37.9 Å². The van der Waals surface area contributed by atoms with Crippen molar-refractivity contribution >= 4 is 11.0 Å². The molecular weight excluding hydrogens is 352 g/mol. The molecule has 0 radical (unpaired) electrons. The average Bonchev–Trinajstić information content (AvgIpc) is 2.73. The number of benzene rings is 2. The van der Waals surface area contributed by atoms with Gasteiger partial charge in [0.05, 0.1) is 38.8 Å². The standard InChI is InChI=1S/C23H27N2O3/c1-16-5-7-20-18(13-16)19(25-11-9-24(2)10-12-25)15-22(28-20)17-6-8-21(26-3)23(14-17)27-4/h5-8,13-15H,9-12H2,1-4H3/q+1. The fraction of sp³-hybridized carbons (Fsp3) is 0.348. The fourth-order valence-corrected chi connectivity index (χ4v) is 3.72. The number of rotatable bonds is 3. The van der Waals surface area contributed by atoms with E-state index in [1.165, 1.54) is 10.9 Å². The molecule has 2 aromatic carbocycles. The Labute approximate surface area is 165 Å². The zero-order valence-corrected chi connectivity index (χ0v) is 17.0. The Bertz CT molecular complexity index is 1070. The van der Waals surface area contributed by atoms with E-state index in [-0.39, 0.29) is 0 Å². The van der Waals surface area contributed by atoms with E-state index in [9.17, 15) is 0 Å². The van der Waals surface area contributed by atoms with Crippen LogP contribution in [0.3, 0.4) is 0 Å². The van der Waals surface area contributed by atoms with Crippen molar-refractivity contribution in [3.05, 3.63) is 53.4 Å². The van der Waals surface area contributed by atoms with E-state index >= 15 is 0 Å². The molecule has 28 heavy (non-hydrogen) atoms. The number of piperazine rings is 1. The van der Waals surface area contributed by atoms with E-state index in [4.69, 9.17) is 13.9 Å². The molecule has 1 aliphatic heterocycles. The first-order valence-corrected chi connectivity index (χ1v) is 9.62. The lowest BCUT2D eigenvalue weighted by atomic mass is 10.1. The maximum atomic E-state index is 6.29. The second kappa shape index (κ2) is 7.68. The van der Waals surface area contributed by atoms with Gasteiger partial charge in [-0.05, 0) is 44.3 Å². The largest absolute Gasteiger partial charge is 0.493 e. The Morgan fingerprint density at radius 2 is 1.68 bits per heavy atom. The van der Waals surface area contributed by atoms with Crippen molar-refractivity contribution in [2.24, 2.45) is 0 Å². The molecule has 0 N–H and O–H groups in total. The van der Waals surface area contributed by atoms with E-state index in [0.29, 0.717) is 11.5 Å². The zero-order chi connectivity index (χ0) is 19.7. The molecule has 1 saturated heterocycles. The lowest BCUT2D eigenvalue weighted by Gasteiger charge is -2.20. The molecule has 4 rings (SSSR count). The summed E-state index contributed by atoms with van der Waals surface area (Å²) in [6.45, 7) is 6.26. The van der Waals surface area contributed by atoms with Gasteiger partial charge in [0.25, 0.3) is 0 Å². The second-order valence-corrected chi connectivity index (χ2v) is 7.36. The molecule has 0 saturated carbocycles. The number of ether oxygens (including phenoxy) is 2. The maximum absolute atomic E-state index is 6.29. The van der Waals surface area contributed by atoms with Gasteiger partial charge in [-0.2, -0.15) is 0 Å². The first-order chi connectivity index (χ1) is 13.6. The number of hydrogen-bond acceptors (Lipinski definition) is 4. The Hall–Kier alpha value is -2.79. The van der Waals surface area contributed by atoms with Gasteiger partial charge < -0.3 is 13.9 Å². The van der Waals surface area contributed by atoms with Gasteiger partial charge in [-0.25, -0.2) is 4.58 Å². The third-order valence-electron chi connectivity index (χ3n) is 5.41. The SMILES string of the molecule is COc1ccc(-c2cc(=[N+]3CCN(C)CC3)c3cc(C)ccc3o2)cc1OC. The number of aryl methyl sites for hydroxylation is 1. The predicted octanol–water partition coefficient (Wildman–Crippen LogP) is 3.14. The van der Waals surface area contributed by atoms with Gasteiger partial charge in [0.2, 0.25) is 5.36 Å². The van der Waals surface area contributed by atoms with Crippen LogP contribution in [0.1, 0.15) is 5.56 Å². The lowest BCUT2D eigenvalue weighted by molar-refractivity contribution is 0.267. The molecule has 1 fully saturated rings. The third-order valence-corrected chi connectivity index (χ3v) is 5.41. The molecule has 0 atom stereocenters. The Morgan fingerprint density at radius 3 is 2.39 bits per heavy atom. The van der Waals surface area contributed by atoms with Crippen LogP contribution in [-0.4, -0.2) is 52.3 Å². The summed E-state index contributed by atoms with van der Waals surface area (Å²) in [4.78, 5) is 2.37. The molecule has 0 unspecified atom stereocenters. The number of fused-ring (bicyclic) bond motifs is 1. The van der Waals surface area contributed by atoms with Crippen LogP contribution in [0.4, 0.5) is 0 Å². The Balaban J connectivity index is 1.94. The van der Waals surface area contributed by atoms with E-state index in [1.807, 2.05) is 18.2 Å². The molecule has 0 bridgehead atoms. The van der Waals surface area contributed by atoms with Crippen molar-refractivity contribution < 1.29 is 13.9 Å². The zero-order valence-electron chi connectivity index (χ0n) is 17.0. The monoisotopic (exact) mass is 379 g/mol. The summed E-state index contributed by atoms with van der Waals surface area (Å²) in [5.74, 6) is 2.23. The van der Waals surface area contributed by atoms with Crippen LogP contribution in [0.5, 0.6) is 11.5 Å². The van der Waals surface area contributed by atoms with Gasteiger partial charge >= 0.3 is 0 Å². The number of methoxy groups -OCH3 is 2. The molecule has 3 aromatic rings. The highest BCUT2D eigenvalue weighted by Crippen LogP contribution is 2.32. The highest BCUT2D eigenvalue weighted by atomic mass is 16.5. The van der Waals surface area contributed by atoms with Crippen molar-refractivity contribution in [1.29, 1.82) is 0 Å². The van der Waals surface area contributed by atoms with Gasteiger partial charge in [0.1, 0.15) is 11.3 Å². The third kappa shape index (κ3) is 3.50. The summed E-state index contributed by atoms with van der Waals surface area (Å²) in [5.41, 5.74) is 3.10. The van der Waals surface area contributed by atoms with Crippen LogP contribution in [0.25, 0.3) is 22.3 Å². The minimum atomic E-state index is 0.695. The molecule has 2 heterocycles. The number of hydrogen-bond donors (Lipinski definition) is 0. The first-order valence-electron chi connectivity index (χ1n) is 9.62. The molecule has 0 aliphatic carbocycles. The van der Waals surface area contributed by atoms with Crippen LogP contribution in [-0.2, 0) is 0 Å². The summed E-state index contributed by atoms with van der Waals surface area (Å²) >= 11 is 0. The maximum Gasteiger partial charge on any atom is 0.214 e. The molecule has 0 amide bonds. The lowest BCUT2D eigenvalue weighted by Crippen LogP contribution is -2.46. The summed E-state index contributed by atoms with van der Waals surface area (Å²) in [6.07, 6.45) is 0. The van der Waals surface area contributed by atoms with Gasteiger partial charge in [-0.3, -0.25) is 4.90 Å². The molecule has 1 aromatic heterocycles. The summed E-state index contributed by atoms with van der Waals surface area (Å²) < 4.78 is 19.6. The van der Waals surface area contributed by atoms with Crippen molar-refractivity contribution in [2.45, 2.75) is 6.92 Å². The number of nitrogens with zero attached hydrogens (tertiary/aromatic N) is 2. The quantitative estimate of drug-likeness (QED) is 0.656. The minimum absolute atomic E-state index is 0.695. The molecule has 0 spiro atoms. The van der Waals surface area contributed by atoms with Gasteiger partial charge in [-0.15, -0.1) is 0 Å². The van der Waals surface area contributed by atoms with E-state index in [1.54, 1.807) is 14.2 Å². The van der Waals surface area contributed by atoms with Crippen molar-refractivity contribution in [1.82, 2.24) is 9.48 Å². The number of likely N-dealkylation sites (N-methyl/N-ethyl adjacent to an activating group) is 1. The van der Waals surface area contributed by atoms with E-state index in [2.05, 4.69) is 47.7 Å². The van der Waals surface area contributed by atoms with E-state index in [0.717, 1.165) is 48.5 Å². The first kappa shape index (κ1) is 18.6. The summed E-state index contributed by atoms with van der Waals surface area (Å²) in [5, 5.41) is 2.39. The second-order valence-electron chi connectivity index (χ2n) is 7.36. The molecule has 1 aliphatic rings. The predicted molar refractivity (Wildman–Crippen MR) is 112 cm³/mol. The van der Waals surface area contributed by atoms with Crippen molar-refractivity contribution in [2.75, 3.05) is 47.4 Å². The van der Waals surface area contributed by atoms with Gasteiger partial charge in [-0.1, -0.05) is 11.6 Å². The highest BCUT2D eigenvalue weighted by molar-refractivity contribution is 5.79. The van der Waals surface area contributed by atoms with E-state index < -0.39 is 0 Å². The smallest absolute Gasteiger partial charge is 0.214 e. The van der Waals surface area contributed by atoms with Crippen molar-refractivity contribution in [3.63, 3.8) is 0 Å². The Kier molecular flexibility index (Phi) is 5.09. The van der Waals surface area contributed by atoms with Crippen LogP contribution >= 0.6 is 0 Å². The van der Waals surface area contributed by atoms with Crippen LogP contribution in [0.2, 0.25) is 0 Å². The summed E-state index contributed by atoms with van der Waals surface area (Å²) in [6, 6.07) is 14.4. The van der Waals surface area contributed by atoms with Gasteiger partial charge in [0.15, 0.2) is 24.6 Å². The fourth-order valence-electron chi connectivity index (χ4n) is 3.72. The Morgan fingerprint density at radius 1 is 0.929 bits per heavy atom. The average molecular weight is 379 g/mol. The highest BCUT2D eigenvalue weighted by Gasteiger charge is 2.19. The van der Waals surface area contributed by atoms with Crippen LogP contribution in [0, 0.1) is 6.92 Å². The van der Waals surface area contributed by atoms with Crippen LogP contribution < -0.4 is 19.4 Å². The minimum Gasteiger partial charge on any atom is -0.493 e. The van der Waals surface area contributed by atoms with Gasteiger partial charge in [0, 0.05) is 5.56 Å².